The number of hydrogen-bond donors (Lipinski definition) is 0. The topological polar surface area (TPSA) is 66.4 Å². The van der Waals surface area contributed by atoms with Crippen molar-refractivity contribution in [3.63, 3.8) is 0 Å². The summed E-state index contributed by atoms with van der Waals surface area (Å²) in [6, 6.07) is 0. The molecule has 0 aliphatic carbocycles. The number of esters is 1. The van der Waals surface area contributed by atoms with Crippen LogP contribution in [0.3, 0.4) is 0 Å². The Morgan fingerprint density at radius 1 is 0.694 bits per heavy atom. The summed E-state index contributed by atoms with van der Waals surface area (Å²) in [5.74, 6) is -0.703. The maximum Gasteiger partial charge on any atom is 0.306 e. The number of carboxylic acid groups (broad SMARTS) is 1. The molecule has 0 spiro atoms. The molecule has 5 nitrogen and oxygen atoms in total. The summed E-state index contributed by atoms with van der Waals surface area (Å²) in [4.78, 5) is 23.1. The maximum atomic E-state index is 12.1. The summed E-state index contributed by atoms with van der Waals surface area (Å²) >= 11 is 0. The smallest absolute Gasteiger partial charge is 0.306 e. The van der Waals surface area contributed by atoms with E-state index in [2.05, 4.69) is 13.8 Å². The zero-order chi connectivity index (χ0) is 27.1. The highest BCUT2D eigenvalue weighted by molar-refractivity contribution is 5.70. The number of ether oxygens (including phenoxy) is 1. The number of carboxylic acids is 1. The lowest BCUT2D eigenvalue weighted by atomic mass is 9.96. The van der Waals surface area contributed by atoms with Gasteiger partial charge in [0.15, 0.2) is 6.10 Å². The third-order valence-electron chi connectivity index (χ3n) is 7.07. The Kier molecular flexibility index (Phi) is 22.3. The molecule has 0 aromatic heterocycles. The van der Waals surface area contributed by atoms with Crippen LogP contribution in [0.1, 0.15) is 149 Å². The van der Waals surface area contributed by atoms with Gasteiger partial charge >= 0.3 is 5.97 Å². The largest absolute Gasteiger partial charge is 0.550 e. The standard InChI is InChI=1S/C31H61NO4/c1-6-7-8-9-10-11-12-13-14-15-16-17-18-20-23-28(2)24-21-19-22-25-31(35)36-29(26-30(33)34)27-32(3,4)5/h28-29H,6-27H2,1-5H3. The zero-order valence-corrected chi connectivity index (χ0v) is 24.8. The molecule has 0 rings (SSSR count). The van der Waals surface area contributed by atoms with E-state index >= 15 is 0 Å². The molecule has 0 aliphatic heterocycles. The minimum atomic E-state index is -1.17. The van der Waals surface area contributed by atoms with Crippen LogP contribution in [0.4, 0.5) is 0 Å². The van der Waals surface area contributed by atoms with Crippen LogP contribution in [0.15, 0.2) is 0 Å². The van der Waals surface area contributed by atoms with Crippen molar-refractivity contribution >= 4 is 11.9 Å². The normalized spacial score (nSPS) is 13.5. The Morgan fingerprint density at radius 3 is 1.53 bits per heavy atom. The highest BCUT2D eigenvalue weighted by Gasteiger charge is 2.22. The first-order valence-electron chi connectivity index (χ1n) is 15.3. The van der Waals surface area contributed by atoms with Gasteiger partial charge in [-0.25, -0.2) is 0 Å². The fourth-order valence-electron chi connectivity index (χ4n) is 4.96. The first kappa shape index (κ1) is 34.9. The van der Waals surface area contributed by atoms with Gasteiger partial charge in [-0.05, 0) is 12.3 Å². The first-order valence-corrected chi connectivity index (χ1v) is 15.3. The number of likely N-dealkylation sites (N-methyl/N-ethyl adjacent to an activating group) is 1. The lowest BCUT2D eigenvalue weighted by Gasteiger charge is -2.29. The number of carbonyl (C=O) groups is 2. The monoisotopic (exact) mass is 511 g/mol. The highest BCUT2D eigenvalue weighted by atomic mass is 16.5. The summed E-state index contributed by atoms with van der Waals surface area (Å²) in [7, 11) is 5.86. The van der Waals surface area contributed by atoms with Crippen LogP contribution in [-0.4, -0.2) is 50.2 Å². The third kappa shape index (κ3) is 26.0. The van der Waals surface area contributed by atoms with Gasteiger partial charge in [-0.1, -0.05) is 129 Å². The fourth-order valence-corrected chi connectivity index (χ4v) is 4.96. The lowest BCUT2D eigenvalue weighted by molar-refractivity contribution is -0.873. The van der Waals surface area contributed by atoms with E-state index in [0.29, 0.717) is 17.4 Å². The van der Waals surface area contributed by atoms with Crippen LogP contribution >= 0.6 is 0 Å². The summed E-state index contributed by atoms with van der Waals surface area (Å²) in [6.07, 6.45) is 24.7. The van der Waals surface area contributed by atoms with Gasteiger partial charge in [0.25, 0.3) is 0 Å². The van der Waals surface area contributed by atoms with Gasteiger partial charge in [0.2, 0.25) is 0 Å². The van der Waals surface area contributed by atoms with Crippen LogP contribution in [0.5, 0.6) is 0 Å². The summed E-state index contributed by atoms with van der Waals surface area (Å²) in [5.41, 5.74) is 0. The van der Waals surface area contributed by atoms with E-state index in [-0.39, 0.29) is 12.4 Å². The van der Waals surface area contributed by atoms with Gasteiger partial charge in [0.1, 0.15) is 6.54 Å². The number of carbonyl (C=O) groups excluding carboxylic acids is 2. The highest BCUT2D eigenvalue weighted by Crippen LogP contribution is 2.19. The summed E-state index contributed by atoms with van der Waals surface area (Å²) in [6.45, 7) is 5.10. The van der Waals surface area contributed by atoms with Crippen LogP contribution < -0.4 is 5.11 Å². The Hall–Kier alpha value is -1.10. The van der Waals surface area contributed by atoms with E-state index in [0.717, 1.165) is 25.2 Å². The molecule has 0 aromatic rings. The molecule has 0 saturated carbocycles. The Balaban J connectivity index is 3.57. The minimum Gasteiger partial charge on any atom is -0.550 e. The van der Waals surface area contributed by atoms with E-state index in [1.807, 2.05) is 21.1 Å². The lowest BCUT2D eigenvalue weighted by Crippen LogP contribution is -2.45. The van der Waals surface area contributed by atoms with Gasteiger partial charge in [0, 0.05) is 18.8 Å². The predicted molar refractivity (Wildman–Crippen MR) is 150 cm³/mol. The van der Waals surface area contributed by atoms with Gasteiger partial charge in [-0.2, -0.15) is 0 Å². The summed E-state index contributed by atoms with van der Waals surface area (Å²) < 4.78 is 5.97. The Bertz CT molecular complexity index is 529. The molecule has 0 heterocycles. The zero-order valence-electron chi connectivity index (χ0n) is 24.8. The molecule has 0 radical (unpaired) electrons. The van der Waals surface area contributed by atoms with Crippen LogP contribution in [0.25, 0.3) is 0 Å². The van der Waals surface area contributed by atoms with Crippen molar-refractivity contribution in [3.05, 3.63) is 0 Å². The van der Waals surface area contributed by atoms with Crippen LogP contribution in [0, 0.1) is 5.92 Å². The average Bonchev–Trinajstić information content (AvgIpc) is 2.77. The molecule has 36 heavy (non-hydrogen) atoms. The predicted octanol–water partition coefficient (Wildman–Crippen LogP) is 7.20. The van der Waals surface area contributed by atoms with Crippen molar-refractivity contribution in [1.82, 2.24) is 0 Å². The summed E-state index contributed by atoms with van der Waals surface area (Å²) in [5, 5.41) is 10.9. The number of quaternary nitrogens is 1. The Morgan fingerprint density at radius 2 is 1.11 bits per heavy atom. The van der Waals surface area contributed by atoms with E-state index in [9.17, 15) is 14.7 Å². The number of rotatable bonds is 26. The Labute approximate surface area is 224 Å². The molecule has 0 amide bonds. The molecule has 0 saturated heterocycles. The second-order valence-electron chi connectivity index (χ2n) is 12.3. The molecule has 0 aliphatic rings. The molecular weight excluding hydrogens is 450 g/mol. The van der Waals surface area contributed by atoms with Crippen molar-refractivity contribution in [3.8, 4) is 0 Å². The number of aliphatic carboxylic acids is 1. The molecule has 2 atom stereocenters. The molecule has 214 valence electrons. The van der Waals surface area contributed by atoms with Gasteiger partial charge < -0.3 is 19.1 Å². The van der Waals surface area contributed by atoms with Crippen LogP contribution in [0.2, 0.25) is 0 Å². The molecule has 0 aromatic carbocycles. The van der Waals surface area contributed by atoms with E-state index in [1.165, 1.54) is 103 Å². The van der Waals surface area contributed by atoms with Crippen LogP contribution in [-0.2, 0) is 14.3 Å². The average molecular weight is 512 g/mol. The van der Waals surface area contributed by atoms with Crippen molar-refractivity contribution in [2.75, 3.05) is 27.7 Å². The molecule has 0 fully saturated rings. The number of nitrogens with zero attached hydrogens (tertiary/aromatic N) is 1. The van der Waals surface area contributed by atoms with Crippen molar-refractivity contribution in [1.29, 1.82) is 0 Å². The van der Waals surface area contributed by atoms with E-state index in [1.54, 1.807) is 0 Å². The van der Waals surface area contributed by atoms with Crippen molar-refractivity contribution in [2.45, 2.75) is 155 Å². The first-order chi connectivity index (χ1) is 17.1. The van der Waals surface area contributed by atoms with Gasteiger partial charge in [-0.3, -0.25) is 4.79 Å². The molecule has 0 bridgehead atoms. The molecule has 0 N–H and O–H groups in total. The second-order valence-corrected chi connectivity index (χ2v) is 12.3. The second kappa shape index (κ2) is 23.0. The molecule has 2 unspecified atom stereocenters. The number of unbranched alkanes of at least 4 members (excludes halogenated alkanes) is 15. The minimum absolute atomic E-state index is 0.238. The maximum absolute atomic E-state index is 12.1. The fraction of sp³-hybridized carbons (Fsp3) is 0.935. The quantitative estimate of drug-likeness (QED) is 0.0699. The SMILES string of the molecule is CCCCCCCCCCCCCCCCC(C)CCCCCC(=O)OC(CC(=O)[O-])C[N+](C)(C)C. The van der Waals surface area contributed by atoms with E-state index < -0.39 is 12.1 Å². The molecular formula is C31H61NO4. The van der Waals surface area contributed by atoms with Gasteiger partial charge in [0.05, 0.1) is 21.1 Å². The third-order valence-corrected chi connectivity index (χ3v) is 7.07. The molecule has 5 heteroatoms. The number of hydrogen-bond acceptors (Lipinski definition) is 4. The van der Waals surface area contributed by atoms with Crippen molar-refractivity contribution in [2.24, 2.45) is 5.92 Å². The van der Waals surface area contributed by atoms with Gasteiger partial charge in [-0.15, -0.1) is 0 Å². The van der Waals surface area contributed by atoms with Crippen molar-refractivity contribution < 1.29 is 23.9 Å². The van der Waals surface area contributed by atoms with E-state index in [4.69, 9.17) is 4.74 Å².